The molecule has 9 aromatic carbocycles. The minimum atomic E-state index is -0.522. The first-order valence-electron chi connectivity index (χ1n) is 22.6. The van der Waals surface area contributed by atoms with Crippen LogP contribution in [0.1, 0.15) is 95.2 Å². The third-order valence-corrected chi connectivity index (χ3v) is 14.5. The lowest BCUT2D eigenvalue weighted by Crippen LogP contribution is -2.29. The van der Waals surface area contributed by atoms with Crippen molar-refractivity contribution >= 4 is 17.1 Å². The lowest BCUT2D eigenvalue weighted by atomic mass is 9.67. The fourth-order valence-electron chi connectivity index (χ4n) is 11.7. The van der Waals surface area contributed by atoms with Crippen LogP contribution in [0, 0.1) is 0 Å². The summed E-state index contributed by atoms with van der Waals surface area (Å²) in [6, 6.07) is 80.7. The van der Waals surface area contributed by atoms with Crippen LogP contribution in [0.4, 0.5) is 17.1 Å². The van der Waals surface area contributed by atoms with E-state index in [0.717, 1.165) is 17.1 Å². The van der Waals surface area contributed by atoms with Crippen molar-refractivity contribution in [1.82, 2.24) is 0 Å². The zero-order valence-corrected chi connectivity index (χ0v) is 36.3. The van der Waals surface area contributed by atoms with Crippen LogP contribution in [0.2, 0.25) is 0 Å². The van der Waals surface area contributed by atoms with E-state index in [2.05, 4.69) is 245 Å². The van der Waals surface area contributed by atoms with Gasteiger partial charge in [-0.1, -0.05) is 204 Å². The molecule has 2 unspecified atom stereocenters. The number of fused-ring (bicyclic) bond motifs is 13. The summed E-state index contributed by atoms with van der Waals surface area (Å²) in [5.41, 5.74) is 23.6. The molecule has 1 spiro atoms. The molecule has 0 radical (unpaired) electrons. The average molecular weight is 808 g/mol. The quantitative estimate of drug-likeness (QED) is 0.155. The minimum absolute atomic E-state index is 0.402. The smallest absolute Gasteiger partial charge is 0.0726 e. The monoisotopic (exact) mass is 807 g/mol. The van der Waals surface area contributed by atoms with E-state index >= 15 is 0 Å². The average Bonchev–Trinajstić information content (AvgIpc) is 3.92. The van der Waals surface area contributed by atoms with Crippen molar-refractivity contribution in [2.75, 3.05) is 4.90 Å². The fraction of sp³-hybridized carbons (Fsp3) is 0.129. The molecule has 0 heterocycles. The Bertz CT molecular complexity index is 3130. The van der Waals surface area contributed by atoms with Crippen molar-refractivity contribution in [3.8, 4) is 33.4 Å². The molecule has 9 aromatic rings. The van der Waals surface area contributed by atoms with Crippen LogP contribution in [0.5, 0.6) is 0 Å². The van der Waals surface area contributed by atoms with Gasteiger partial charge in [0.05, 0.1) is 10.8 Å². The number of hydrogen-bond donors (Lipinski definition) is 0. The highest BCUT2D eigenvalue weighted by Gasteiger charge is 2.52. The normalized spacial score (nSPS) is 17.3. The second-order valence-corrected chi connectivity index (χ2v) is 18.4. The number of rotatable bonds is 7. The maximum atomic E-state index is 2.52. The summed E-state index contributed by atoms with van der Waals surface area (Å²) >= 11 is 0. The topological polar surface area (TPSA) is 3.24 Å². The molecule has 3 aliphatic rings. The fourth-order valence-corrected chi connectivity index (χ4v) is 11.7. The molecule has 302 valence electrons. The Morgan fingerprint density at radius 2 is 0.698 bits per heavy atom. The van der Waals surface area contributed by atoms with E-state index in [4.69, 9.17) is 0 Å². The molecule has 2 atom stereocenters. The zero-order valence-electron chi connectivity index (χ0n) is 36.3. The Kier molecular flexibility index (Phi) is 8.44. The SMILES string of the molecule is CC(C)c1cccc(C2(c3ccccc3)c3ccccc3-c3ccc(N(c4ccccc4)c4ccc5c(c4)C4(c6ccccc6-c6ccc(C(C)C)cc64)c4ccccc4-5)cc32)c1. The van der Waals surface area contributed by atoms with Gasteiger partial charge in [-0.2, -0.15) is 0 Å². The number of nitrogens with zero attached hydrogens (tertiary/aromatic N) is 1. The molecule has 0 amide bonds. The van der Waals surface area contributed by atoms with Crippen molar-refractivity contribution in [1.29, 1.82) is 0 Å². The first kappa shape index (κ1) is 37.5. The summed E-state index contributed by atoms with van der Waals surface area (Å²) in [6.07, 6.45) is 0. The van der Waals surface area contributed by atoms with Gasteiger partial charge < -0.3 is 4.90 Å². The predicted molar refractivity (Wildman–Crippen MR) is 263 cm³/mol. The van der Waals surface area contributed by atoms with E-state index in [1.165, 1.54) is 89.0 Å². The van der Waals surface area contributed by atoms with E-state index < -0.39 is 10.8 Å². The summed E-state index contributed by atoms with van der Waals surface area (Å²) in [5.74, 6) is 0.813. The van der Waals surface area contributed by atoms with Gasteiger partial charge in [0.25, 0.3) is 0 Å². The van der Waals surface area contributed by atoms with Crippen LogP contribution in [0.15, 0.2) is 212 Å². The Morgan fingerprint density at radius 1 is 0.286 bits per heavy atom. The summed E-state index contributed by atoms with van der Waals surface area (Å²) in [4.78, 5) is 2.49. The lowest BCUT2D eigenvalue weighted by Gasteiger charge is -2.35. The maximum absolute atomic E-state index is 2.52. The molecule has 0 fully saturated rings. The molecule has 63 heavy (non-hydrogen) atoms. The van der Waals surface area contributed by atoms with Gasteiger partial charge in [0.2, 0.25) is 0 Å². The summed E-state index contributed by atoms with van der Waals surface area (Å²) in [5, 5.41) is 0. The third-order valence-electron chi connectivity index (χ3n) is 14.5. The Balaban J connectivity index is 1.13. The van der Waals surface area contributed by atoms with Crippen molar-refractivity contribution in [2.45, 2.75) is 50.4 Å². The van der Waals surface area contributed by atoms with Crippen LogP contribution >= 0.6 is 0 Å². The second kappa shape index (κ2) is 14.2. The number of anilines is 3. The van der Waals surface area contributed by atoms with E-state index in [1.54, 1.807) is 0 Å². The molecule has 0 bridgehead atoms. The Hall–Kier alpha value is -7.22. The van der Waals surface area contributed by atoms with Gasteiger partial charge in [0, 0.05) is 17.1 Å². The van der Waals surface area contributed by atoms with E-state index in [1.807, 2.05) is 0 Å². The molecule has 1 heteroatoms. The second-order valence-electron chi connectivity index (χ2n) is 18.4. The molecule has 0 N–H and O–H groups in total. The van der Waals surface area contributed by atoms with Gasteiger partial charge in [-0.05, 0) is 137 Å². The predicted octanol–water partition coefficient (Wildman–Crippen LogP) is 16.1. The molecule has 0 saturated carbocycles. The highest BCUT2D eigenvalue weighted by Crippen LogP contribution is 2.64. The van der Waals surface area contributed by atoms with E-state index in [9.17, 15) is 0 Å². The highest BCUT2D eigenvalue weighted by atomic mass is 15.1. The molecular weight excluding hydrogens is 759 g/mol. The van der Waals surface area contributed by atoms with Crippen LogP contribution in [-0.4, -0.2) is 0 Å². The summed E-state index contributed by atoms with van der Waals surface area (Å²) < 4.78 is 0. The molecule has 1 nitrogen and oxygen atoms in total. The van der Waals surface area contributed by atoms with E-state index in [-0.39, 0.29) is 0 Å². The van der Waals surface area contributed by atoms with Crippen LogP contribution in [-0.2, 0) is 10.8 Å². The van der Waals surface area contributed by atoms with Gasteiger partial charge in [-0.15, -0.1) is 0 Å². The first-order chi connectivity index (χ1) is 30.9. The molecule has 3 aliphatic carbocycles. The zero-order chi connectivity index (χ0) is 42.5. The Labute approximate surface area is 372 Å². The van der Waals surface area contributed by atoms with Crippen LogP contribution in [0.25, 0.3) is 33.4 Å². The summed E-state index contributed by atoms with van der Waals surface area (Å²) in [6.45, 7) is 9.22. The molecular formula is C62H49N. The first-order valence-corrected chi connectivity index (χ1v) is 22.6. The molecule has 0 aliphatic heterocycles. The summed E-state index contributed by atoms with van der Waals surface area (Å²) in [7, 11) is 0. The van der Waals surface area contributed by atoms with Gasteiger partial charge in [-0.3, -0.25) is 0 Å². The van der Waals surface area contributed by atoms with Gasteiger partial charge in [0.15, 0.2) is 0 Å². The Morgan fingerprint density at radius 3 is 1.25 bits per heavy atom. The van der Waals surface area contributed by atoms with Crippen LogP contribution < -0.4 is 4.90 Å². The standard InChI is InChI=1S/C62H49N/c1-40(2)42-18-17-21-45(36-42)61(44-19-7-5-8-20-44)55-27-14-11-24-49(55)53-34-31-47(38-59(53)61)63(46-22-9-6-10-23-46)48-32-35-54-51-26-13-16-29-57(51)62(60(54)39-48)56-28-15-12-25-50(56)52-33-30-43(41(3)4)37-58(52)62/h5-41H,1-4H3. The van der Waals surface area contributed by atoms with E-state index in [0.29, 0.717) is 11.8 Å². The number of benzene rings is 9. The number of para-hydroxylation sites is 1. The molecule has 0 aromatic heterocycles. The largest absolute Gasteiger partial charge is 0.310 e. The van der Waals surface area contributed by atoms with Gasteiger partial charge in [0.1, 0.15) is 0 Å². The van der Waals surface area contributed by atoms with Gasteiger partial charge >= 0.3 is 0 Å². The molecule has 12 rings (SSSR count). The van der Waals surface area contributed by atoms with Crippen molar-refractivity contribution in [3.63, 3.8) is 0 Å². The van der Waals surface area contributed by atoms with Crippen LogP contribution in [0.3, 0.4) is 0 Å². The molecule has 0 saturated heterocycles. The number of hydrogen-bond acceptors (Lipinski definition) is 1. The maximum Gasteiger partial charge on any atom is 0.0726 e. The highest BCUT2D eigenvalue weighted by molar-refractivity contribution is 5.97. The van der Waals surface area contributed by atoms with Crippen molar-refractivity contribution < 1.29 is 0 Å². The minimum Gasteiger partial charge on any atom is -0.310 e. The third kappa shape index (κ3) is 5.23. The lowest BCUT2D eigenvalue weighted by molar-refractivity contribution is 0.760. The van der Waals surface area contributed by atoms with Crippen molar-refractivity contribution in [2.24, 2.45) is 0 Å². The van der Waals surface area contributed by atoms with Gasteiger partial charge in [-0.25, -0.2) is 0 Å². The van der Waals surface area contributed by atoms with Crippen molar-refractivity contribution in [3.05, 3.63) is 268 Å².